The van der Waals surface area contributed by atoms with Gasteiger partial charge in [-0.1, -0.05) is 97.1 Å². The van der Waals surface area contributed by atoms with Gasteiger partial charge in [0.15, 0.2) is 11.6 Å². The van der Waals surface area contributed by atoms with Crippen molar-refractivity contribution in [2.24, 2.45) is 0 Å². The standard InChI is InChI=1S/C36H42F2/c1-3-5-7-13-29-19-21-30(22-20-29)14-9-10-15-31-23-25-32(26-24-31)16-11-12-18-34-28-27-33(17-8-6-4-2)35(37)36(34)38/h3-6,9-10,19-28H,7-8,11-18H2,1-2H3/b5-3+,6-4+,10-9+. The van der Waals surface area contributed by atoms with E-state index in [2.05, 4.69) is 79.8 Å². The molecule has 0 bridgehead atoms. The lowest BCUT2D eigenvalue weighted by Gasteiger charge is -2.08. The van der Waals surface area contributed by atoms with Crippen molar-refractivity contribution in [2.45, 2.75) is 78.1 Å². The van der Waals surface area contributed by atoms with Crippen LogP contribution in [0.4, 0.5) is 8.78 Å². The summed E-state index contributed by atoms with van der Waals surface area (Å²) in [6.07, 6.45) is 21.4. The van der Waals surface area contributed by atoms with Gasteiger partial charge in [-0.3, -0.25) is 0 Å². The van der Waals surface area contributed by atoms with E-state index in [9.17, 15) is 8.78 Å². The Balaban J connectivity index is 1.37. The fourth-order valence-corrected chi connectivity index (χ4v) is 4.61. The van der Waals surface area contributed by atoms with Crippen molar-refractivity contribution in [1.82, 2.24) is 0 Å². The Bertz CT molecular complexity index is 1180. The molecule has 3 aromatic rings. The van der Waals surface area contributed by atoms with Crippen molar-refractivity contribution in [3.05, 3.63) is 142 Å². The molecule has 0 atom stereocenters. The second-order valence-corrected chi connectivity index (χ2v) is 9.95. The molecule has 200 valence electrons. The first-order valence-electron chi connectivity index (χ1n) is 14.1. The zero-order valence-electron chi connectivity index (χ0n) is 23.1. The quantitative estimate of drug-likeness (QED) is 0.140. The van der Waals surface area contributed by atoms with E-state index in [1.165, 1.54) is 22.3 Å². The maximum absolute atomic E-state index is 14.5. The Labute approximate surface area is 228 Å². The number of hydrogen-bond donors (Lipinski definition) is 0. The molecular formula is C36H42F2. The molecule has 0 aromatic heterocycles. The SMILES string of the molecule is C/C=C/CCc1ccc(C/C=C/Cc2ccc(CCCCc3ccc(CC/C=C/C)c(F)c3F)cc2)cc1. The first-order valence-corrected chi connectivity index (χ1v) is 14.1. The molecule has 0 saturated heterocycles. The number of rotatable bonds is 15. The predicted octanol–water partition coefficient (Wildman–Crippen LogP) is 9.89. The first-order chi connectivity index (χ1) is 18.6. The summed E-state index contributed by atoms with van der Waals surface area (Å²) in [4.78, 5) is 0. The minimum Gasteiger partial charge on any atom is -0.203 e. The highest BCUT2D eigenvalue weighted by Crippen LogP contribution is 2.20. The molecular weight excluding hydrogens is 470 g/mol. The molecule has 0 unspecified atom stereocenters. The van der Waals surface area contributed by atoms with E-state index in [0.29, 0.717) is 24.0 Å². The van der Waals surface area contributed by atoms with Gasteiger partial charge in [0.05, 0.1) is 0 Å². The van der Waals surface area contributed by atoms with Gasteiger partial charge in [0.25, 0.3) is 0 Å². The highest BCUT2D eigenvalue weighted by molar-refractivity contribution is 5.28. The maximum Gasteiger partial charge on any atom is 0.162 e. The molecule has 0 saturated carbocycles. The average molecular weight is 513 g/mol. The Kier molecular flexibility index (Phi) is 12.8. The van der Waals surface area contributed by atoms with Crippen molar-refractivity contribution in [3.8, 4) is 0 Å². The molecule has 0 N–H and O–H groups in total. The second-order valence-electron chi connectivity index (χ2n) is 9.95. The lowest BCUT2D eigenvalue weighted by atomic mass is 9.99. The van der Waals surface area contributed by atoms with Crippen LogP contribution in [0.5, 0.6) is 0 Å². The van der Waals surface area contributed by atoms with E-state index < -0.39 is 11.6 Å². The van der Waals surface area contributed by atoms with E-state index >= 15 is 0 Å². The zero-order chi connectivity index (χ0) is 27.0. The van der Waals surface area contributed by atoms with Crippen LogP contribution in [0, 0.1) is 11.6 Å². The minimum absolute atomic E-state index is 0.462. The molecule has 3 rings (SSSR count). The van der Waals surface area contributed by atoms with E-state index in [4.69, 9.17) is 0 Å². The smallest absolute Gasteiger partial charge is 0.162 e. The van der Waals surface area contributed by atoms with Gasteiger partial charge in [-0.05, 0) is 111 Å². The summed E-state index contributed by atoms with van der Waals surface area (Å²) in [5.41, 5.74) is 6.27. The van der Waals surface area contributed by atoms with Crippen molar-refractivity contribution in [2.75, 3.05) is 0 Å². The third kappa shape index (κ3) is 9.89. The summed E-state index contributed by atoms with van der Waals surface area (Å²) in [7, 11) is 0. The summed E-state index contributed by atoms with van der Waals surface area (Å²) in [5.74, 6) is -1.34. The van der Waals surface area contributed by atoms with Crippen LogP contribution in [-0.2, 0) is 38.5 Å². The maximum atomic E-state index is 14.5. The normalized spacial score (nSPS) is 11.9. The van der Waals surface area contributed by atoms with Gasteiger partial charge in [0.2, 0.25) is 0 Å². The Morgan fingerprint density at radius 2 is 0.895 bits per heavy atom. The zero-order valence-corrected chi connectivity index (χ0v) is 23.1. The summed E-state index contributed by atoms with van der Waals surface area (Å²) in [6.45, 7) is 4.00. The van der Waals surface area contributed by atoms with Crippen LogP contribution in [0.3, 0.4) is 0 Å². The van der Waals surface area contributed by atoms with Gasteiger partial charge >= 0.3 is 0 Å². The summed E-state index contributed by atoms with van der Waals surface area (Å²) in [5, 5.41) is 0. The summed E-state index contributed by atoms with van der Waals surface area (Å²) >= 11 is 0. The highest BCUT2D eigenvalue weighted by Gasteiger charge is 2.12. The molecule has 0 aliphatic rings. The van der Waals surface area contributed by atoms with Crippen molar-refractivity contribution in [1.29, 1.82) is 0 Å². The Morgan fingerprint density at radius 3 is 1.42 bits per heavy atom. The number of allylic oxidation sites excluding steroid dienone is 6. The van der Waals surface area contributed by atoms with Crippen LogP contribution in [-0.4, -0.2) is 0 Å². The summed E-state index contributed by atoms with van der Waals surface area (Å²) in [6, 6.07) is 21.2. The summed E-state index contributed by atoms with van der Waals surface area (Å²) < 4.78 is 28.8. The number of unbranched alkanes of at least 4 members (excludes halogenated alkanes) is 1. The predicted molar refractivity (Wildman–Crippen MR) is 159 cm³/mol. The van der Waals surface area contributed by atoms with E-state index in [0.717, 1.165) is 51.4 Å². The average Bonchev–Trinajstić information content (AvgIpc) is 2.94. The number of benzene rings is 3. The molecule has 0 radical (unpaired) electrons. The number of hydrogen-bond acceptors (Lipinski definition) is 0. The van der Waals surface area contributed by atoms with Gasteiger partial charge < -0.3 is 0 Å². The molecule has 2 heteroatoms. The molecule has 0 heterocycles. The lowest BCUT2D eigenvalue weighted by Crippen LogP contribution is -2.00. The molecule has 3 aromatic carbocycles. The topological polar surface area (TPSA) is 0 Å². The van der Waals surface area contributed by atoms with Gasteiger partial charge in [-0.25, -0.2) is 8.78 Å². The molecule has 38 heavy (non-hydrogen) atoms. The van der Waals surface area contributed by atoms with Crippen molar-refractivity contribution < 1.29 is 8.78 Å². The Morgan fingerprint density at radius 1 is 0.474 bits per heavy atom. The van der Waals surface area contributed by atoms with Crippen LogP contribution < -0.4 is 0 Å². The second kappa shape index (κ2) is 16.6. The van der Waals surface area contributed by atoms with Crippen molar-refractivity contribution >= 4 is 0 Å². The molecule has 0 amide bonds. The molecule has 0 aliphatic carbocycles. The third-order valence-electron chi connectivity index (χ3n) is 6.97. The van der Waals surface area contributed by atoms with Crippen LogP contribution in [0.15, 0.2) is 97.1 Å². The van der Waals surface area contributed by atoms with Crippen LogP contribution in [0.25, 0.3) is 0 Å². The first kappa shape index (κ1) is 29.3. The monoisotopic (exact) mass is 512 g/mol. The molecule has 0 fully saturated rings. The molecule has 0 spiro atoms. The fraction of sp³-hybridized carbons (Fsp3) is 0.333. The lowest BCUT2D eigenvalue weighted by molar-refractivity contribution is 0.487. The minimum atomic E-state index is -0.676. The number of aryl methyl sites for hydroxylation is 4. The highest BCUT2D eigenvalue weighted by atomic mass is 19.2. The van der Waals surface area contributed by atoms with Gasteiger partial charge in [0.1, 0.15) is 0 Å². The van der Waals surface area contributed by atoms with Crippen LogP contribution >= 0.6 is 0 Å². The van der Waals surface area contributed by atoms with E-state index in [-0.39, 0.29) is 0 Å². The third-order valence-corrected chi connectivity index (χ3v) is 6.97. The van der Waals surface area contributed by atoms with Crippen LogP contribution in [0.1, 0.15) is 72.9 Å². The largest absolute Gasteiger partial charge is 0.203 e. The van der Waals surface area contributed by atoms with Gasteiger partial charge in [0, 0.05) is 0 Å². The molecule has 0 aliphatic heterocycles. The van der Waals surface area contributed by atoms with E-state index in [1.54, 1.807) is 12.1 Å². The molecule has 0 nitrogen and oxygen atoms in total. The van der Waals surface area contributed by atoms with Crippen molar-refractivity contribution in [3.63, 3.8) is 0 Å². The Hall–Kier alpha value is -3.26. The van der Waals surface area contributed by atoms with Crippen LogP contribution in [0.2, 0.25) is 0 Å². The van der Waals surface area contributed by atoms with E-state index in [1.807, 2.05) is 19.1 Å². The fourth-order valence-electron chi connectivity index (χ4n) is 4.61. The van der Waals surface area contributed by atoms with Gasteiger partial charge in [-0.2, -0.15) is 0 Å². The number of halogens is 2. The van der Waals surface area contributed by atoms with Gasteiger partial charge in [-0.15, -0.1) is 0 Å².